The highest BCUT2D eigenvalue weighted by Crippen LogP contribution is 2.23. The molecule has 0 aliphatic heterocycles. The van der Waals surface area contributed by atoms with Gasteiger partial charge in [0, 0.05) is 12.0 Å². The second kappa shape index (κ2) is 5.91. The lowest BCUT2D eigenvalue weighted by Crippen LogP contribution is -2.37. The first-order chi connectivity index (χ1) is 8.72. The normalized spacial score (nSPS) is 11.2. The van der Waals surface area contributed by atoms with Gasteiger partial charge in [-0.05, 0) is 24.6 Å². The molecule has 0 heterocycles. The predicted molar refractivity (Wildman–Crippen MR) is 67.7 cm³/mol. The van der Waals surface area contributed by atoms with E-state index in [9.17, 15) is 18.4 Å². The number of hydrogen-bond donors (Lipinski definition) is 1. The molecule has 0 saturated heterocycles. The van der Waals surface area contributed by atoms with Crippen LogP contribution >= 0.6 is 0 Å². The molecule has 1 N–H and O–H groups in total. The number of halogens is 2. The van der Waals surface area contributed by atoms with Gasteiger partial charge in [-0.3, -0.25) is 9.59 Å². The van der Waals surface area contributed by atoms with Crippen LogP contribution in [-0.2, 0) is 15.0 Å². The summed E-state index contributed by atoms with van der Waals surface area (Å²) in [5.74, 6) is -2.41. The summed E-state index contributed by atoms with van der Waals surface area (Å²) in [7, 11) is 0. The van der Waals surface area contributed by atoms with Crippen LogP contribution in [0.1, 0.15) is 32.8 Å². The number of carbonyl (C=O) groups excluding carboxylic acids is 2. The molecule has 104 valence electrons. The van der Waals surface area contributed by atoms with Crippen molar-refractivity contribution in [1.82, 2.24) is 5.32 Å². The molecule has 1 aromatic rings. The number of ketones is 1. The van der Waals surface area contributed by atoms with E-state index >= 15 is 0 Å². The molecule has 0 bridgehead atoms. The summed E-state index contributed by atoms with van der Waals surface area (Å²) in [6.07, 6.45) is -0.173. The van der Waals surface area contributed by atoms with E-state index < -0.39 is 17.0 Å². The topological polar surface area (TPSA) is 46.2 Å². The molecule has 0 radical (unpaired) electrons. The minimum absolute atomic E-state index is 0.173. The zero-order valence-corrected chi connectivity index (χ0v) is 11.2. The molecule has 0 unspecified atom stereocenters. The second-order valence-electron chi connectivity index (χ2n) is 5.17. The standard InChI is InChI=1S/C14H17F2NO2/c1-9(18)6-13(19)17-8-14(2,3)10-4-5-11(15)12(16)7-10/h4-5,7H,6,8H2,1-3H3,(H,17,19). The fourth-order valence-corrected chi connectivity index (χ4v) is 1.63. The maximum Gasteiger partial charge on any atom is 0.227 e. The summed E-state index contributed by atoms with van der Waals surface area (Å²) >= 11 is 0. The molecule has 3 nitrogen and oxygen atoms in total. The summed E-state index contributed by atoms with van der Waals surface area (Å²) in [6, 6.07) is 3.66. The highest BCUT2D eigenvalue weighted by molar-refractivity contribution is 5.96. The molecular formula is C14H17F2NO2. The zero-order chi connectivity index (χ0) is 14.6. The third kappa shape index (κ3) is 4.43. The molecule has 1 aromatic carbocycles. The van der Waals surface area contributed by atoms with Gasteiger partial charge in [0.1, 0.15) is 5.78 Å². The number of benzene rings is 1. The van der Waals surface area contributed by atoms with Gasteiger partial charge in [0.15, 0.2) is 11.6 Å². The van der Waals surface area contributed by atoms with E-state index in [1.165, 1.54) is 13.0 Å². The summed E-state index contributed by atoms with van der Waals surface area (Å²) < 4.78 is 26.0. The van der Waals surface area contributed by atoms with E-state index in [0.29, 0.717) is 5.56 Å². The van der Waals surface area contributed by atoms with Gasteiger partial charge >= 0.3 is 0 Å². The Balaban J connectivity index is 2.72. The third-order valence-electron chi connectivity index (χ3n) is 2.84. The maximum absolute atomic E-state index is 13.2. The molecule has 19 heavy (non-hydrogen) atoms. The fraction of sp³-hybridized carbons (Fsp3) is 0.429. The highest BCUT2D eigenvalue weighted by atomic mass is 19.2. The molecule has 0 aliphatic rings. The SMILES string of the molecule is CC(=O)CC(=O)NCC(C)(C)c1ccc(F)c(F)c1. The first-order valence-corrected chi connectivity index (χ1v) is 5.94. The molecule has 5 heteroatoms. The highest BCUT2D eigenvalue weighted by Gasteiger charge is 2.23. The van der Waals surface area contributed by atoms with Gasteiger partial charge in [-0.1, -0.05) is 19.9 Å². The molecule has 0 aromatic heterocycles. The first kappa shape index (κ1) is 15.3. The average molecular weight is 269 g/mol. The number of amides is 1. The molecule has 0 aliphatic carbocycles. The Kier molecular flexibility index (Phi) is 4.75. The van der Waals surface area contributed by atoms with Gasteiger partial charge in [0.05, 0.1) is 6.42 Å². The summed E-state index contributed by atoms with van der Waals surface area (Å²) in [6.45, 7) is 5.17. The maximum atomic E-state index is 13.2. The number of nitrogens with one attached hydrogen (secondary N) is 1. The van der Waals surface area contributed by atoms with Crippen LogP contribution in [0, 0.1) is 11.6 Å². The van der Waals surface area contributed by atoms with Crippen LogP contribution < -0.4 is 5.32 Å². The van der Waals surface area contributed by atoms with E-state index in [-0.39, 0.29) is 24.7 Å². The number of hydrogen-bond acceptors (Lipinski definition) is 2. The van der Waals surface area contributed by atoms with E-state index in [1.807, 2.05) is 0 Å². The average Bonchev–Trinajstić information content (AvgIpc) is 2.29. The lowest BCUT2D eigenvalue weighted by Gasteiger charge is -2.25. The van der Waals surface area contributed by atoms with E-state index in [0.717, 1.165) is 12.1 Å². The van der Waals surface area contributed by atoms with Crippen LogP contribution in [0.5, 0.6) is 0 Å². The van der Waals surface area contributed by atoms with Crippen molar-refractivity contribution in [2.45, 2.75) is 32.6 Å². The Labute approximate surface area is 111 Å². The minimum Gasteiger partial charge on any atom is -0.355 e. The molecule has 1 rings (SSSR count). The van der Waals surface area contributed by atoms with Crippen molar-refractivity contribution in [2.24, 2.45) is 0 Å². The van der Waals surface area contributed by atoms with Crippen LogP contribution in [0.3, 0.4) is 0 Å². The van der Waals surface area contributed by atoms with E-state index in [2.05, 4.69) is 5.32 Å². The molecule has 0 fully saturated rings. The quantitative estimate of drug-likeness (QED) is 0.834. The van der Waals surface area contributed by atoms with Crippen LogP contribution in [0.25, 0.3) is 0 Å². The van der Waals surface area contributed by atoms with Gasteiger partial charge in [-0.15, -0.1) is 0 Å². The van der Waals surface area contributed by atoms with Gasteiger partial charge in [0.25, 0.3) is 0 Å². The number of rotatable bonds is 5. The molecule has 0 spiro atoms. The van der Waals surface area contributed by atoms with Crippen molar-refractivity contribution in [3.05, 3.63) is 35.4 Å². The Bertz CT molecular complexity index is 498. The van der Waals surface area contributed by atoms with Crippen LogP contribution in [-0.4, -0.2) is 18.2 Å². The number of carbonyl (C=O) groups is 2. The number of Topliss-reactive ketones (excluding diaryl/α,β-unsaturated/α-hetero) is 1. The van der Waals surface area contributed by atoms with Crippen molar-refractivity contribution in [3.63, 3.8) is 0 Å². The smallest absolute Gasteiger partial charge is 0.227 e. The van der Waals surface area contributed by atoms with Gasteiger partial charge in [0.2, 0.25) is 5.91 Å². The van der Waals surface area contributed by atoms with Crippen molar-refractivity contribution in [2.75, 3.05) is 6.54 Å². The van der Waals surface area contributed by atoms with Gasteiger partial charge in [-0.2, -0.15) is 0 Å². The minimum atomic E-state index is -0.916. The van der Waals surface area contributed by atoms with Crippen molar-refractivity contribution < 1.29 is 18.4 Å². The summed E-state index contributed by atoms with van der Waals surface area (Å²) in [5, 5.41) is 2.61. The fourth-order valence-electron chi connectivity index (χ4n) is 1.63. The molecule has 1 amide bonds. The predicted octanol–water partition coefficient (Wildman–Crippen LogP) is 2.34. The summed E-state index contributed by atoms with van der Waals surface area (Å²) in [5.41, 5.74) is 0.0237. The largest absolute Gasteiger partial charge is 0.355 e. The molecular weight excluding hydrogens is 252 g/mol. The lowest BCUT2D eigenvalue weighted by atomic mass is 9.84. The monoisotopic (exact) mass is 269 g/mol. The first-order valence-electron chi connectivity index (χ1n) is 5.94. The van der Waals surface area contributed by atoms with Crippen LogP contribution in [0.4, 0.5) is 8.78 Å². The Morgan fingerprint density at radius 2 is 1.84 bits per heavy atom. The second-order valence-corrected chi connectivity index (χ2v) is 5.17. The van der Waals surface area contributed by atoms with Gasteiger partial charge < -0.3 is 5.32 Å². The zero-order valence-electron chi connectivity index (χ0n) is 11.2. The third-order valence-corrected chi connectivity index (χ3v) is 2.84. The van der Waals surface area contributed by atoms with Crippen LogP contribution in [0.2, 0.25) is 0 Å². The van der Waals surface area contributed by atoms with Gasteiger partial charge in [-0.25, -0.2) is 8.78 Å². The van der Waals surface area contributed by atoms with Crippen molar-refractivity contribution in [1.29, 1.82) is 0 Å². The summed E-state index contributed by atoms with van der Waals surface area (Å²) in [4.78, 5) is 22.2. The Hall–Kier alpha value is -1.78. The molecule has 0 saturated carbocycles. The lowest BCUT2D eigenvalue weighted by molar-refractivity contribution is -0.127. The Morgan fingerprint density at radius 3 is 2.37 bits per heavy atom. The van der Waals surface area contributed by atoms with E-state index in [1.54, 1.807) is 13.8 Å². The molecule has 0 atom stereocenters. The Morgan fingerprint density at radius 1 is 1.21 bits per heavy atom. The van der Waals surface area contributed by atoms with Crippen LogP contribution in [0.15, 0.2) is 18.2 Å². The van der Waals surface area contributed by atoms with Crippen molar-refractivity contribution in [3.8, 4) is 0 Å². The van der Waals surface area contributed by atoms with E-state index in [4.69, 9.17) is 0 Å². The van der Waals surface area contributed by atoms with Crippen molar-refractivity contribution >= 4 is 11.7 Å².